The van der Waals surface area contributed by atoms with E-state index in [0.717, 1.165) is 56.2 Å². The number of imidazole rings is 1. The van der Waals surface area contributed by atoms with Crippen molar-refractivity contribution in [2.45, 2.75) is 38.8 Å². The molecule has 2 saturated heterocycles. The number of anilines is 1. The van der Waals surface area contributed by atoms with Gasteiger partial charge in [0.05, 0.1) is 38.3 Å². The van der Waals surface area contributed by atoms with Gasteiger partial charge in [-0.2, -0.15) is 0 Å². The summed E-state index contributed by atoms with van der Waals surface area (Å²) in [5.74, 6) is 0.606. The lowest BCUT2D eigenvalue weighted by molar-refractivity contribution is -0.135. The third-order valence-corrected chi connectivity index (χ3v) is 6.39. The second-order valence-corrected chi connectivity index (χ2v) is 8.88. The number of H-pyrrole nitrogens is 1. The van der Waals surface area contributed by atoms with E-state index in [1.807, 2.05) is 24.9 Å². The van der Waals surface area contributed by atoms with Crippen LogP contribution in [0.2, 0.25) is 0 Å². The van der Waals surface area contributed by atoms with Crippen molar-refractivity contribution >= 4 is 17.7 Å². The van der Waals surface area contributed by atoms with Crippen LogP contribution in [0.5, 0.6) is 0 Å². The van der Waals surface area contributed by atoms with E-state index in [-0.39, 0.29) is 17.9 Å². The van der Waals surface area contributed by atoms with Gasteiger partial charge in [0, 0.05) is 25.3 Å². The first-order valence-electron chi connectivity index (χ1n) is 11.6. The van der Waals surface area contributed by atoms with Crippen LogP contribution < -0.4 is 10.2 Å². The van der Waals surface area contributed by atoms with Crippen LogP contribution in [0, 0.1) is 5.92 Å². The van der Waals surface area contributed by atoms with E-state index in [0.29, 0.717) is 6.54 Å². The lowest BCUT2D eigenvalue weighted by Crippen LogP contribution is -2.51. The molecule has 1 aromatic carbocycles. The number of carbonyl (C=O) groups is 2. The fraction of sp³-hybridized carbons (Fsp3) is 0.542. The zero-order valence-corrected chi connectivity index (χ0v) is 19.5. The van der Waals surface area contributed by atoms with Gasteiger partial charge in [-0.3, -0.25) is 4.79 Å². The van der Waals surface area contributed by atoms with E-state index in [9.17, 15) is 9.59 Å². The van der Waals surface area contributed by atoms with E-state index in [4.69, 9.17) is 9.47 Å². The summed E-state index contributed by atoms with van der Waals surface area (Å²) in [6.07, 6.45) is 2.95. The number of hydrogen-bond acceptors (Lipinski definition) is 6. The summed E-state index contributed by atoms with van der Waals surface area (Å²) in [6, 6.07) is 7.65. The van der Waals surface area contributed by atoms with Gasteiger partial charge < -0.3 is 29.6 Å². The van der Waals surface area contributed by atoms with Crippen molar-refractivity contribution in [1.82, 2.24) is 20.2 Å². The molecular weight excluding hydrogens is 422 g/mol. The lowest BCUT2D eigenvalue weighted by atomic mass is 10.0. The highest BCUT2D eigenvalue weighted by atomic mass is 16.5. The Morgan fingerprint density at radius 3 is 2.58 bits per heavy atom. The van der Waals surface area contributed by atoms with Crippen LogP contribution in [0.3, 0.4) is 0 Å². The summed E-state index contributed by atoms with van der Waals surface area (Å²) >= 11 is 0. The molecule has 0 radical (unpaired) electrons. The van der Waals surface area contributed by atoms with Crippen LogP contribution in [0.4, 0.5) is 10.5 Å². The quantitative estimate of drug-likeness (QED) is 0.695. The fourth-order valence-corrected chi connectivity index (χ4v) is 4.52. The molecule has 0 unspecified atom stereocenters. The second kappa shape index (κ2) is 10.2. The molecule has 0 saturated carbocycles. The molecule has 4 rings (SSSR count). The Kier molecular flexibility index (Phi) is 7.17. The monoisotopic (exact) mass is 455 g/mol. The number of rotatable bonds is 6. The summed E-state index contributed by atoms with van der Waals surface area (Å²) in [6.45, 7) is 7.79. The van der Waals surface area contributed by atoms with Crippen molar-refractivity contribution < 1.29 is 19.1 Å². The summed E-state index contributed by atoms with van der Waals surface area (Å²) in [4.78, 5) is 37.2. The van der Waals surface area contributed by atoms with Crippen LogP contribution in [0.15, 0.2) is 30.5 Å². The summed E-state index contributed by atoms with van der Waals surface area (Å²) in [5, 5.41) is 2.68. The van der Waals surface area contributed by atoms with Crippen LogP contribution >= 0.6 is 0 Å². The Hall–Kier alpha value is -3.07. The molecule has 2 N–H and O–H groups in total. The van der Waals surface area contributed by atoms with Crippen molar-refractivity contribution in [3.8, 4) is 11.3 Å². The number of nitrogens with zero attached hydrogens (tertiary/aromatic N) is 3. The van der Waals surface area contributed by atoms with Gasteiger partial charge in [-0.05, 0) is 36.5 Å². The first-order chi connectivity index (χ1) is 16.0. The number of amides is 2. The Labute approximate surface area is 194 Å². The molecule has 9 nitrogen and oxygen atoms in total. The van der Waals surface area contributed by atoms with E-state index in [1.54, 1.807) is 0 Å². The number of ether oxygens (including phenoxy) is 2. The van der Waals surface area contributed by atoms with Crippen LogP contribution in [0.1, 0.15) is 38.6 Å². The molecule has 2 amide bonds. The number of carbonyl (C=O) groups excluding carboxylic acids is 2. The topological polar surface area (TPSA) is 99.8 Å². The second-order valence-electron chi connectivity index (χ2n) is 8.88. The Morgan fingerprint density at radius 2 is 1.91 bits per heavy atom. The largest absolute Gasteiger partial charge is 0.453 e. The highest BCUT2D eigenvalue weighted by Crippen LogP contribution is 2.33. The predicted molar refractivity (Wildman–Crippen MR) is 125 cm³/mol. The Bertz CT molecular complexity index is 952. The van der Waals surface area contributed by atoms with Gasteiger partial charge in [0.2, 0.25) is 5.91 Å². The molecule has 2 atom stereocenters. The maximum Gasteiger partial charge on any atom is 0.407 e. The molecule has 178 valence electrons. The van der Waals surface area contributed by atoms with Crippen molar-refractivity contribution in [3.63, 3.8) is 0 Å². The third-order valence-electron chi connectivity index (χ3n) is 6.39. The third kappa shape index (κ3) is 5.13. The number of aromatic amines is 1. The van der Waals surface area contributed by atoms with Crippen LogP contribution in [-0.4, -0.2) is 72.9 Å². The van der Waals surface area contributed by atoms with Crippen molar-refractivity contribution in [2.24, 2.45) is 5.92 Å². The number of hydrogen-bond donors (Lipinski definition) is 2. The first kappa shape index (κ1) is 23.1. The number of methoxy groups -OCH3 is 1. The van der Waals surface area contributed by atoms with Gasteiger partial charge in [0.25, 0.3) is 0 Å². The standard InChI is InChI=1S/C24H33N5O4/c1-16(2)21(27-24(31)32-3)23(30)29-10-4-5-20(29)22-25-15-19(26-22)17-6-8-18(9-7-17)28-11-13-33-14-12-28/h6-9,15-16,20-21H,4-5,10-14H2,1-3H3,(H,25,26)(H,27,31)/t20-,21-/m0/s1. The van der Waals surface area contributed by atoms with Gasteiger partial charge >= 0.3 is 6.09 Å². The van der Waals surface area contributed by atoms with Crippen molar-refractivity contribution in [3.05, 3.63) is 36.3 Å². The minimum Gasteiger partial charge on any atom is -0.453 e. The Morgan fingerprint density at radius 1 is 1.18 bits per heavy atom. The highest BCUT2D eigenvalue weighted by Gasteiger charge is 2.37. The average Bonchev–Trinajstić information content (AvgIpc) is 3.52. The first-order valence-corrected chi connectivity index (χ1v) is 11.6. The minimum absolute atomic E-state index is 0.0602. The van der Waals surface area contributed by atoms with E-state index in [2.05, 4.69) is 44.5 Å². The molecule has 33 heavy (non-hydrogen) atoms. The maximum atomic E-state index is 13.3. The number of alkyl carbamates (subject to hydrolysis) is 1. The molecular formula is C24H33N5O4. The fourth-order valence-electron chi connectivity index (χ4n) is 4.52. The van der Waals surface area contributed by atoms with Gasteiger partial charge in [-0.25, -0.2) is 9.78 Å². The molecule has 9 heteroatoms. The molecule has 2 aromatic rings. The molecule has 0 aliphatic carbocycles. The normalized spacial score (nSPS) is 19.6. The minimum atomic E-state index is -0.639. The highest BCUT2D eigenvalue weighted by molar-refractivity contribution is 5.86. The maximum absolute atomic E-state index is 13.3. The van der Waals surface area contributed by atoms with Crippen LogP contribution in [-0.2, 0) is 14.3 Å². The smallest absolute Gasteiger partial charge is 0.407 e. The number of likely N-dealkylation sites (tertiary alicyclic amines) is 1. The number of aromatic nitrogens is 2. The summed E-state index contributed by atoms with van der Waals surface area (Å²) in [5.41, 5.74) is 3.16. The van der Waals surface area contributed by atoms with Gasteiger partial charge in [0.1, 0.15) is 11.9 Å². The van der Waals surface area contributed by atoms with E-state index >= 15 is 0 Å². The molecule has 2 fully saturated rings. The van der Waals surface area contributed by atoms with Gasteiger partial charge in [-0.1, -0.05) is 26.0 Å². The average molecular weight is 456 g/mol. The predicted octanol–water partition coefficient (Wildman–Crippen LogP) is 2.96. The zero-order valence-electron chi connectivity index (χ0n) is 19.5. The van der Waals surface area contributed by atoms with Crippen molar-refractivity contribution in [2.75, 3.05) is 44.9 Å². The summed E-state index contributed by atoms with van der Waals surface area (Å²) < 4.78 is 10.1. The van der Waals surface area contributed by atoms with Gasteiger partial charge in [0.15, 0.2) is 0 Å². The molecule has 2 aliphatic heterocycles. The SMILES string of the molecule is COC(=O)N[C@H](C(=O)N1CCC[C@H]1c1ncc(-c2ccc(N3CCOCC3)cc2)[nH]1)C(C)C. The Balaban J connectivity index is 1.47. The molecule has 0 spiro atoms. The summed E-state index contributed by atoms with van der Waals surface area (Å²) in [7, 11) is 1.30. The van der Waals surface area contributed by atoms with E-state index in [1.165, 1.54) is 12.8 Å². The zero-order chi connectivity index (χ0) is 23.4. The molecule has 2 aliphatic rings. The van der Waals surface area contributed by atoms with E-state index < -0.39 is 12.1 Å². The number of morpholine rings is 1. The number of nitrogens with one attached hydrogen (secondary N) is 2. The van der Waals surface area contributed by atoms with Crippen molar-refractivity contribution in [1.29, 1.82) is 0 Å². The van der Waals surface area contributed by atoms with Gasteiger partial charge in [-0.15, -0.1) is 0 Å². The molecule has 0 bridgehead atoms. The number of benzene rings is 1. The molecule has 1 aromatic heterocycles. The van der Waals surface area contributed by atoms with Crippen LogP contribution in [0.25, 0.3) is 11.3 Å². The lowest BCUT2D eigenvalue weighted by Gasteiger charge is -2.30. The molecule has 3 heterocycles.